The summed E-state index contributed by atoms with van der Waals surface area (Å²) in [6, 6.07) is 5.69. The molecule has 1 amide bonds. The lowest BCUT2D eigenvalue weighted by Gasteiger charge is -2.19. The summed E-state index contributed by atoms with van der Waals surface area (Å²) in [6.07, 6.45) is -0.528. The first-order valence-electron chi connectivity index (χ1n) is 6.95. The average molecular weight is 290 g/mol. The number of carbonyl (C=O) groups excluding carboxylic acids is 1. The summed E-state index contributed by atoms with van der Waals surface area (Å²) in [5.74, 6) is 0.459. The summed E-state index contributed by atoms with van der Waals surface area (Å²) >= 11 is 0. The van der Waals surface area contributed by atoms with Crippen LogP contribution in [0.4, 0.5) is 16.3 Å². The van der Waals surface area contributed by atoms with Gasteiger partial charge in [0.05, 0.1) is 5.52 Å². The lowest BCUT2D eigenvalue weighted by atomic mass is 10.2. The average Bonchev–Trinajstić information content (AvgIpc) is 2.65. The number of fused-ring (bicyclic) bond motifs is 1. The number of hydrogen-bond donors (Lipinski definition) is 2. The van der Waals surface area contributed by atoms with Gasteiger partial charge in [0.25, 0.3) is 0 Å². The molecule has 2 rings (SSSR count). The van der Waals surface area contributed by atoms with Crippen molar-refractivity contribution in [3.8, 4) is 0 Å². The Bertz CT molecular complexity index is 668. The van der Waals surface area contributed by atoms with Crippen LogP contribution < -0.4 is 11.1 Å². The second-order valence-corrected chi connectivity index (χ2v) is 6.29. The fraction of sp³-hybridized carbons (Fsp3) is 0.467. The first-order valence-corrected chi connectivity index (χ1v) is 6.95. The first kappa shape index (κ1) is 15.2. The van der Waals surface area contributed by atoms with E-state index in [2.05, 4.69) is 10.4 Å². The Hall–Kier alpha value is -2.24. The van der Waals surface area contributed by atoms with Crippen molar-refractivity contribution in [1.29, 1.82) is 0 Å². The van der Waals surface area contributed by atoms with Crippen LogP contribution in [-0.2, 0) is 4.74 Å². The van der Waals surface area contributed by atoms with Crippen LogP contribution in [0.25, 0.3) is 10.9 Å². The molecule has 1 heterocycles. The number of hydrogen-bond acceptors (Lipinski definition) is 4. The molecule has 114 valence electrons. The summed E-state index contributed by atoms with van der Waals surface area (Å²) in [4.78, 5) is 11.9. The first-order chi connectivity index (χ1) is 9.67. The Morgan fingerprint density at radius 2 is 2.05 bits per heavy atom. The van der Waals surface area contributed by atoms with Crippen LogP contribution in [0.15, 0.2) is 18.2 Å². The number of ether oxygens (including phenoxy) is 1. The maximum absolute atomic E-state index is 11.9. The van der Waals surface area contributed by atoms with E-state index in [0.29, 0.717) is 11.5 Å². The molecule has 0 saturated carbocycles. The lowest BCUT2D eigenvalue weighted by molar-refractivity contribution is 0.0635. The number of amides is 1. The number of carbonyl (C=O) groups is 1. The van der Waals surface area contributed by atoms with Gasteiger partial charge < -0.3 is 10.5 Å². The van der Waals surface area contributed by atoms with Crippen LogP contribution in [0, 0.1) is 0 Å². The van der Waals surface area contributed by atoms with E-state index >= 15 is 0 Å². The zero-order chi connectivity index (χ0) is 15.8. The molecule has 6 nitrogen and oxygen atoms in total. The molecular weight excluding hydrogens is 268 g/mol. The van der Waals surface area contributed by atoms with Crippen LogP contribution in [0.5, 0.6) is 0 Å². The zero-order valence-electron chi connectivity index (χ0n) is 13.1. The molecule has 0 spiro atoms. The highest BCUT2D eigenvalue weighted by atomic mass is 16.6. The maximum atomic E-state index is 11.9. The molecular formula is C15H22N4O2. The molecule has 1 aromatic heterocycles. The van der Waals surface area contributed by atoms with Gasteiger partial charge in [-0.05, 0) is 52.8 Å². The molecule has 0 aliphatic carbocycles. The van der Waals surface area contributed by atoms with Crippen LogP contribution in [0.3, 0.4) is 0 Å². The Morgan fingerprint density at radius 3 is 2.62 bits per heavy atom. The number of anilines is 2. The summed E-state index contributed by atoms with van der Waals surface area (Å²) in [6.45, 7) is 9.50. The number of aromatic nitrogens is 2. The number of nitrogens with one attached hydrogen (secondary N) is 1. The molecule has 0 aliphatic rings. The molecule has 0 aliphatic heterocycles. The van der Waals surface area contributed by atoms with E-state index in [1.165, 1.54) is 0 Å². The molecule has 0 saturated heterocycles. The Morgan fingerprint density at radius 1 is 1.38 bits per heavy atom. The number of nitrogens with two attached hydrogens (primary N) is 1. The van der Waals surface area contributed by atoms with Crippen molar-refractivity contribution in [3.05, 3.63) is 18.2 Å². The molecule has 2 aromatic rings. The maximum Gasteiger partial charge on any atom is 0.413 e. The minimum absolute atomic E-state index is 0.172. The molecule has 1 aromatic carbocycles. The predicted molar refractivity (Wildman–Crippen MR) is 84.4 cm³/mol. The summed E-state index contributed by atoms with van der Waals surface area (Å²) < 4.78 is 7.11. The van der Waals surface area contributed by atoms with Crippen LogP contribution in [0.1, 0.15) is 40.7 Å². The van der Waals surface area contributed by atoms with Crippen molar-refractivity contribution in [2.75, 3.05) is 11.1 Å². The highest BCUT2D eigenvalue weighted by Crippen LogP contribution is 2.27. The van der Waals surface area contributed by atoms with E-state index in [9.17, 15) is 4.79 Å². The fourth-order valence-corrected chi connectivity index (χ4v) is 2.04. The zero-order valence-corrected chi connectivity index (χ0v) is 13.1. The van der Waals surface area contributed by atoms with Crippen molar-refractivity contribution in [3.63, 3.8) is 0 Å². The number of nitrogen functional groups attached to an aromatic ring is 1. The van der Waals surface area contributed by atoms with Gasteiger partial charge in [-0.1, -0.05) is 0 Å². The van der Waals surface area contributed by atoms with Gasteiger partial charge in [0.2, 0.25) is 0 Å². The Kier molecular flexibility index (Phi) is 3.80. The minimum atomic E-state index is -0.556. The highest BCUT2D eigenvalue weighted by molar-refractivity contribution is 5.98. The largest absolute Gasteiger partial charge is 0.444 e. The van der Waals surface area contributed by atoms with Gasteiger partial charge >= 0.3 is 6.09 Å². The van der Waals surface area contributed by atoms with Crippen molar-refractivity contribution < 1.29 is 9.53 Å². The fourth-order valence-electron chi connectivity index (χ4n) is 2.04. The van der Waals surface area contributed by atoms with Gasteiger partial charge in [0.15, 0.2) is 5.82 Å². The normalized spacial score (nSPS) is 11.9. The van der Waals surface area contributed by atoms with Crippen molar-refractivity contribution >= 4 is 28.5 Å². The van der Waals surface area contributed by atoms with Gasteiger partial charge in [-0.3, -0.25) is 10.00 Å². The molecule has 0 atom stereocenters. The predicted octanol–water partition coefficient (Wildman–Crippen LogP) is 3.55. The van der Waals surface area contributed by atoms with Gasteiger partial charge in [-0.2, -0.15) is 5.10 Å². The monoisotopic (exact) mass is 290 g/mol. The van der Waals surface area contributed by atoms with E-state index in [-0.39, 0.29) is 6.04 Å². The molecule has 0 unspecified atom stereocenters. The lowest BCUT2D eigenvalue weighted by Crippen LogP contribution is -2.27. The molecule has 6 heteroatoms. The smallest absolute Gasteiger partial charge is 0.413 e. The highest BCUT2D eigenvalue weighted by Gasteiger charge is 2.19. The summed E-state index contributed by atoms with van der Waals surface area (Å²) in [5.41, 5.74) is 6.82. The number of rotatable bonds is 2. The molecule has 0 fully saturated rings. The van der Waals surface area contributed by atoms with Crippen molar-refractivity contribution in [1.82, 2.24) is 9.78 Å². The van der Waals surface area contributed by atoms with E-state index in [1.54, 1.807) is 6.07 Å². The van der Waals surface area contributed by atoms with Crippen molar-refractivity contribution in [2.24, 2.45) is 0 Å². The van der Waals surface area contributed by atoms with E-state index in [4.69, 9.17) is 10.5 Å². The minimum Gasteiger partial charge on any atom is -0.444 e. The quantitative estimate of drug-likeness (QED) is 0.829. The number of benzene rings is 1. The topological polar surface area (TPSA) is 82.2 Å². The van der Waals surface area contributed by atoms with E-state index < -0.39 is 11.7 Å². The Labute approximate surface area is 124 Å². The van der Waals surface area contributed by atoms with Crippen molar-refractivity contribution in [2.45, 2.75) is 46.3 Å². The standard InChI is InChI=1S/C15H22N4O2/c1-9(2)19-12-7-6-10(16)8-11(12)13(18-19)17-14(20)21-15(3,4)5/h6-9H,16H2,1-5H3,(H,17,18,20). The summed E-state index contributed by atoms with van der Waals surface area (Å²) in [7, 11) is 0. The molecule has 3 N–H and O–H groups in total. The third kappa shape index (κ3) is 3.45. The molecule has 0 bridgehead atoms. The Balaban J connectivity index is 2.39. The second kappa shape index (κ2) is 5.27. The van der Waals surface area contributed by atoms with Crippen LogP contribution in [0.2, 0.25) is 0 Å². The third-order valence-electron chi connectivity index (χ3n) is 2.84. The van der Waals surface area contributed by atoms with E-state index in [0.717, 1.165) is 10.9 Å². The van der Waals surface area contributed by atoms with Gasteiger partial charge in [0.1, 0.15) is 5.60 Å². The second-order valence-electron chi connectivity index (χ2n) is 6.29. The van der Waals surface area contributed by atoms with Crippen LogP contribution in [-0.4, -0.2) is 21.5 Å². The van der Waals surface area contributed by atoms with Gasteiger partial charge in [-0.15, -0.1) is 0 Å². The third-order valence-corrected chi connectivity index (χ3v) is 2.84. The van der Waals surface area contributed by atoms with Crippen LogP contribution >= 0.6 is 0 Å². The van der Waals surface area contributed by atoms with E-state index in [1.807, 2.05) is 51.4 Å². The molecule has 21 heavy (non-hydrogen) atoms. The molecule has 0 radical (unpaired) electrons. The van der Waals surface area contributed by atoms with Gasteiger partial charge in [-0.25, -0.2) is 4.79 Å². The SMILES string of the molecule is CC(C)n1nc(NC(=O)OC(C)(C)C)c2cc(N)ccc21. The van der Waals surface area contributed by atoms with Gasteiger partial charge in [0, 0.05) is 17.1 Å². The number of nitrogens with zero attached hydrogens (tertiary/aromatic N) is 2. The summed E-state index contributed by atoms with van der Waals surface area (Å²) in [5, 5.41) is 7.94.